The van der Waals surface area contributed by atoms with Gasteiger partial charge >= 0.3 is 0 Å². The van der Waals surface area contributed by atoms with Crippen molar-refractivity contribution in [3.8, 4) is 0 Å². The molecule has 1 N–H and O–H groups in total. The smallest absolute Gasteiger partial charge is 0.240 e. The Hall–Kier alpha value is -1.65. The van der Waals surface area contributed by atoms with Gasteiger partial charge in [0, 0.05) is 6.04 Å². The van der Waals surface area contributed by atoms with Crippen molar-refractivity contribution in [2.45, 2.75) is 33.2 Å². The minimum atomic E-state index is -0.252. The fourth-order valence-electron chi connectivity index (χ4n) is 3.73. The number of nitrogens with zero attached hydrogens (tertiary/aromatic N) is 1. The summed E-state index contributed by atoms with van der Waals surface area (Å²) in [4.78, 5) is 38.1. The van der Waals surface area contributed by atoms with E-state index in [-0.39, 0.29) is 54.0 Å². The number of allylic oxidation sites excluding steroid dienone is 2. The predicted octanol–water partition coefficient (Wildman–Crippen LogP) is 0.954. The van der Waals surface area contributed by atoms with Gasteiger partial charge in [0.05, 0.1) is 11.8 Å². The first-order valence-corrected chi connectivity index (χ1v) is 7.73. The van der Waals surface area contributed by atoms with E-state index >= 15 is 0 Å². The molecule has 0 aromatic heterocycles. The normalized spacial score (nSPS) is 34.8. The Kier molecular flexibility index (Phi) is 3.38. The van der Waals surface area contributed by atoms with Gasteiger partial charge in [-0.3, -0.25) is 19.3 Å². The molecule has 2 aliphatic carbocycles. The van der Waals surface area contributed by atoms with Crippen LogP contribution in [0.15, 0.2) is 12.2 Å². The zero-order valence-corrected chi connectivity index (χ0v) is 12.7. The molecule has 2 bridgehead atoms. The van der Waals surface area contributed by atoms with Crippen LogP contribution >= 0.6 is 0 Å². The minimum Gasteiger partial charge on any atom is -0.352 e. The van der Waals surface area contributed by atoms with Crippen molar-refractivity contribution in [3.63, 3.8) is 0 Å². The average Bonchev–Trinajstić information content (AvgIpc) is 3.08. The van der Waals surface area contributed by atoms with Gasteiger partial charge in [-0.1, -0.05) is 26.0 Å². The summed E-state index contributed by atoms with van der Waals surface area (Å²) in [5, 5.41) is 2.85. The van der Waals surface area contributed by atoms with Gasteiger partial charge in [-0.2, -0.15) is 0 Å². The lowest BCUT2D eigenvalue weighted by Crippen LogP contribution is -2.45. The summed E-state index contributed by atoms with van der Waals surface area (Å²) < 4.78 is 0. The van der Waals surface area contributed by atoms with Crippen molar-refractivity contribution in [2.75, 3.05) is 6.54 Å². The second-order valence-electron chi connectivity index (χ2n) is 6.86. The highest BCUT2D eigenvalue weighted by Gasteiger charge is 2.59. The van der Waals surface area contributed by atoms with E-state index in [0.717, 1.165) is 6.42 Å². The van der Waals surface area contributed by atoms with E-state index < -0.39 is 0 Å². The third-order valence-corrected chi connectivity index (χ3v) is 5.25. The fourth-order valence-corrected chi connectivity index (χ4v) is 3.73. The highest BCUT2D eigenvalue weighted by molar-refractivity contribution is 6.08. The molecule has 3 rings (SSSR count). The van der Waals surface area contributed by atoms with Crippen LogP contribution in [0.3, 0.4) is 0 Å². The Morgan fingerprint density at radius 1 is 1.19 bits per heavy atom. The molecule has 5 atom stereocenters. The summed E-state index contributed by atoms with van der Waals surface area (Å²) in [6, 6.07) is 0.0302. The number of hydrogen-bond acceptors (Lipinski definition) is 3. The van der Waals surface area contributed by atoms with E-state index in [1.807, 2.05) is 20.8 Å². The second kappa shape index (κ2) is 4.97. The zero-order chi connectivity index (χ0) is 15.3. The largest absolute Gasteiger partial charge is 0.352 e. The van der Waals surface area contributed by atoms with Crippen LogP contribution in [0, 0.1) is 29.6 Å². The summed E-state index contributed by atoms with van der Waals surface area (Å²) in [6.07, 6.45) is 5.03. The highest BCUT2D eigenvalue weighted by atomic mass is 16.2. The molecule has 2 fully saturated rings. The lowest BCUT2D eigenvalue weighted by molar-refractivity contribution is -0.144. The second-order valence-corrected chi connectivity index (χ2v) is 6.86. The molecule has 3 amide bonds. The van der Waals surface area contributed by atoms with Gasteiger partial charge in [0.15, 0.2) is 0 Å². The molecule has 1 heterocycles. The van der Waals surface area contributed by atoms with E-state index in [4.69, 9.17) is 0 Å². The Labute approximate surface area is 124 Å². The molecule has 114 valence electrons. The summed E-state index contributed by atoms with van der Waals surface area (Å²) in [6.45, 7) is 5.83. The van der Waals surface area contributed by atoms with E-state index in [1.54, 1.807) is 0 Å². The number of rotatable bonds is 4. The molecule has 0 spiro atoms. The molecule has 1 aliphatic heterocycles. The van der Waals surface area contributed by atoms with Crippen LogP contribution < -0.4 is 5.32 Å². The van der Waals surface area contributed by atoms with E-state index in [0.29, 0.717) is 5.92 Å². The number of fused-ring (bicyclic) bond motifs is 5. The van der Waals surface area contributed by atoms with Gasteiger partial charge in [-0.25, -0.2) is 0 Å². The number of hydrogen-bond donors (Lipinski definition) is 1. The van der Waals surface area contributed by atoms with Crippen LogP contribution in [0.1, 0.15) is 27.2 Å². The minimum absolute atomic E-state index is 0.0302. The fraction of sp³-hybridized carbons (Fsp3) is 0.688. The van der Waals surface area contributed by atoms with E-state index in [9.17, 15) is 14.4 Å². The van der Waals surface area contributed by atoms with Gasteiger partial charge in [0.25, 0.3) is 0 Å². The quantitative estimate of drug-likeness (QED) is 0.619. The lowest BCUT2D eigenvalue weighted by Gasteiger charge is -2.21. The van der Waals surface area contributed by atoms with Crippen molar-refractivity contribution in [2.24, 2.45) is 29.6 Å². The molecular formula is C16H22N2O3. The first kappa shape index (κ1) is 14.3. The van der Waals surface area contributed by atoms with Crippen molar-refractivity contribution in [1.29, 1.82) is 0 Å². The van der Waals surface area contributed by atoms with Gasteiger partial charge in [0.2, 0.25) is 17.7 Å². The highest BCUT2D eigenvalue weighted by Crippen LogP contribution is 2.52. The molecule has 1 saturated carbocycles. The standard InChI is InChI=1S/C16H22N2O3/c1-8(2)9(3)17-12(19)7-18-15(20)13-10-4-5-11(6-10)14(13)16(18)21/h4-5,8-11,13-14H,6-7H2,1-3H3,(H,17,19)/t9-,10+,11+,13-,14+/m1/s1. The summed E-state index contributed by atoms with van der Waals surface area (Å²) >= 11 is 0. The molecule has 3 aliphatic rings. The van der Waals surface area contributed by atoms with Crippen LogP contribution in [-0.4, -0.2) is 35.2 Å². The van der Waals surface area contributed by atoms with Crippen molar-refractivity contribution in [3.05, 3.63) is 12.2 Å². The molecule has 21 heavy (non-hydrogen) atoms. The van der Waals surface area contributed by atoms with E-state index in [2.05, 4.69) is 17.5 Å². The molecule has 5 nitrogen and oxygen atoms in total. The van der Waals surface area contributed by atoms with Crippen LogP contribution in [-0.2, 0) is 14.4 Å². The number of imide groups is 1. The Bertz CT molecular complexity index is 496. The van der Waals surface area contributed by atoms with Crippen LogP contribution in [0.2, 0.25) is 0 Å². The summed E-state index contributed by atoms with van der Waals surface area (Å²) in [7, 11) is 0. The van der Waals surface area contributed by atoms with Gasteiger partial charge in [-0.05, 0) is 31.1 Å². The number of amides is 3. The number of likely N-dealkylation sites (tertiary alicyclic amines) is 1. The average molecular weight is 290 g/mol. The summed E-state index contributed by atoms with van der Waals surface area (Å²) in [5.41, 5.74) is 0. The Morgan fingerprint density at radius 2 is 1.71 bits per heavy atom. The van der Waals surface area contributed by atoms with Gasteiger partial charge in [0.1, 0.15) is 6.54 Å². The first-order valence-electron chi connectivity index (χ1n) is 7.73. The monoisotopic (exact) mass is 290 g/mol. The maximum absolute atomic E-state index is 12.4. The predicted molar refractivity (Wildman–Crippen MR) is 76.9 cm³/mol. The van der Waals surface area contributed by atoms with Crippen LogP contribution in [0.5, 0.6) is 0 Å². The number of carbonyl (C=O) groups is 3. The van der Waals surface area contributed by atoms with Gasteiger partial charge in [-0.15, -0.1) is 0 Å². The molecule has 5 heteroatoms. The Morgan fingerprint density at radius 3 is 2.19 bits per heavy atom. The van der Waals surface area contributed by atoms with Crippen LogP contribution in [0.25, 0.3) is 0 Å². The molecule has 1 saturated heterocycles. The topological polar surface area (TPSA) is 66.5 Å². The number of carbonyl (C=O) groups excluding carboxylic acids is 3. The molecule has 0 aromatic carbocycles. The van der Waals surface area contributed by atoms with Gasteiger partial charge < -0.3 is 5.32 Å². The third-order valence-electron chi connectivity index (χ3n) is 5.25. The van der Waals surface area contributed by atoms with Crippen LogP contribution in [0.4, 0.5) is 0 Å². The SMILES string of the molecule is CC(C)[C@@H](C)NC(=O)CN1C(=O)[C@@H]2[C@H](C1=O)[C@H]1C=C[C@H]2C1. The molecular weight excluding hydrogens is 268 g/mol. The molecule has 0 unspecified atom stereocenters. The summed E-state index contributed by atoms with van der Waals surface area (Å²) in [5.74, 6) is -0.302. The molecule has 0 aromatic rings. The molecule has 0 radical (unpaired) electrons. The van der Waals surface area contributed by atoms with E-state index in [1.165, 1.54) is 4.90 Å². The maximum atomic E-state index is 12.4. The van der Waals surface area contributed by atoms with Crippen molar-refractivity contribution < 1.29 is 14.4 Å². The first-order chi connectivity index (χ1) is 9.90. The number of nitrogens with one attached hydrogen (secondary N) is 1. The third kappa shape index (κ3) is 2.19. The van der Waals surface area contributed by atoms with Crippen molar-refractivity contribution >= 4 is 17.7 Å². The Balaban J connectivity index is 1.67. The maximum Gasteiger partial charge on any atom is 0.240 e. The zero-order valence-electron chi connectivity index (χ0n) is 12.7. The van der Waals surface area contributed by atoms with Crippen molar-refractivity contribution in [1.82, 2.24) is 10.2 Å². The lowest BCUT2D eigenvalue weighted by atomic mass is 9.85.